The van der Waals surface area contributed by atoms with Gasteiger partial charge in [0.25, 0.3) is 0 Å². The van der Waals surface area contributed by atoms with Crippen LogP contribution in [0.25, 0.3) is 0 Å². The van der Waals surface area contributed by atoms with Crippen molar-refractivity contribution in [2.24, 2.45) is 5.92 Å². The number of amides is 1. The van der Waals surface area contributed by atoms with Gasteiger partial charge in [0.15, 0.2) is 11.6 Å². The van der Waals surface area contributed by atoms with Crippen molar-refractivity contribution in [3.8, 4) is 5.75 Å². The van der Waals surface area contributed by atoms with Crippen molar-refractivity contribution in [2.45, 2.75) is 6.92 Å². The minimum absolute atomic E-state index is 0.0459. The smallest absolute Gasteiger partial charge is 0.230 e. The Bertz CT molecular complexity index is 341. The number of carbonyl (C=O) groups is 1. The maximum Gasteiger partial charge on any atom is 0.230 e. The first-order valence-electron chi connectivity index (χ1n) is 4.59. The number of anilines is 1. The zero-order chi connectivity index (χ0) is 11.3. The summed E-state index contributed by atoms with van der Waals surface area (Å²) < 4.78 is 4.85. The second-order valence-electron chi connectivity index (χ2n) is 3.22. The Hall–Kier alpha value is -1.62. The van der Waals surface area contributed by atoms with Crippen molar-refractivity contribution < 1.29 is 14.6 Å². The van der Waals surface area contributed by atoms with Gasteiger partial charge < -0.3 is 15.2 Å². The summed E-state index contributed by atoms with van der Waals surface area (Å²) in [4.78, 5) is 15.4. The van der Waals surface area contributed by atoms with Gasteiger partial charge in [0.1, 0.15) is 0 Å². The van der Waals surface area contributed by atoms with Crippen LogP contribution in [0.3, 0.4) is 0 Å². The molecule has 1 aromatic rings. The van der Waals surface area contributed by atoms with Crippen LogP contribution in [0.15, 0.2) is 18.3 Å². The second-order valence-corrected chi connectivity index (χ2v) is 3.22. The van der Waals surface area contributed by atoms with Crippen LogP contribution in [0.1, 0.15) is 6.92 Å². The molecule has 0 fully saturated rings. The van der Waals surface area contributed by atoms with Gasteiger partial charge in [-0.2, -0.15) is 0 Å². The average molecular weight is 210 g/mol. The van der Waals surface area contributed by atoms with Crippen LogP contribution < -0.4 is 5.32 Å². The van der Waals surface area contributed by atoms with Crippen LogP contribution >= 0.6 is 0 Å². The average Bonchev–Trinajstić information content (AvgIpc) is 2.21. The number of hydrogen-bond donors (Lipinski definition) is 2. The van der Waals surface area contributed by atoms with Crippen molar-refractivity contribution in [1.29, 1.82) is 0 Å². The van der Waals surface area contributed by atoms with E-state index < -0.39 is 0 Å². The van der Waals surface area contributed by atoms with Crippen molar-refractivity contribution >= 4 is 11.7 Å². The van der Waals surface area contributed by atoms with Gasteiger partial charge in [-0.15, -0.1) is 0 Å². The van der Waals surface area contributed by atoms with Crippen molar-refractivity contribution in [3.63, 3.8) is 0 Å². The summed E-state index contributed by atoms with van der Waals surface area (Å²) in [6.45, 7) is 2.07. The lowest BCUT2D eigenvalue weighted by Crippen LogP contribution is -2.24. The van der Waals surface area contributed by atoms with E-state index in [9.17, 15) is 9.90 Å². The molecule has 0 aliphatic carbocycles. The van der Waals surface area contributed by atoms with E-state index in [1.165, 1.54) is 19.4 Å². The summed E-state index contributed by atoms with van der Waals surface area (Å²) in [5, 5.41) is 11.9. The summed E-state index contributed by atoms with van der Waals surface area (Å²) in [6, 6.07) is 3.05. The Morgan fingerprint density at radius 3 is 3.07 bits per heavy atom. The molecule has 1 unspecified atom stereocenters. The molecule has 0 aliphatic rings. The third-order valence-electron chi connectivity index (χ3n) is 1.89. The Morgan fingerprint density at radius 1 is 1.73 bits per heavy atom. The highest BCUT2D eigenvalue weighted by molar-refractivity contribution is 5.92. The van der Waals surface area contributed by atoms with Crippen LogP contribution in [0.4, 0.5) is 5.82 Å². The molecule has 1 atom stereocenters. The molecule has 2 N–H and O–H groups in total. The molecule has 0 aromatic carbocycles. The lowest BCUT2D eigenvalue weighted by atomic mass is 10.2. The number of hydrogen-bond acceptors (Lipinski definition) is 4. The maximum atomic E-state index is 11.5. The molecular weight excluding hydrogens is 196 g/mol. The molecule has 0 saturated heterocycles. The van der Waals surface area contributed by atoms with Crippen LogP contribution in [0.5, 0.6) is 5.75 Å². The number of ether oxygens (including phenoxy) is 1. The van der Waals surface area contributed by atoms with Crippen molar-refractivity contribution in [3.05, 3.63) is 18.3 Å². The van der Waals surface area contributed by atoms with Gasteiger partial charge in [0.2, 0.25) is 5.91 Å². The van der Waals surface area contributed by atoms with Gasteiger partial charge in [-0.1, -0.05) is 6.92 Å². The van der Waals surface area contributed by atoms with Crippen LogP contribution in [-0.4, -0.2) is 29.7 Å². The van der Waals surface area contributed by atoms with Gasteiger partial charge in [-0.3, -0.25) is 4.79 Å². The van der Waals surface area contributed by atoms with E-state index in [4.69, 9.17) is 4.74 Å². The van der Waals surface area contributed by atoms with Gasteiger partial charge in [0, 0.05) is 13.3 Å². The van der Waals surface area contributed by atoms with E-state index in [1.54, 1.807) is 13.0 Å². The highest BCUT2D eigenvalue weighted by Crippen LogP contribution is 2.18. The molecule has 5 heteroatoms. The van der Waals surface area contributed by atoms with Crippen LogP contribution in [0.2, 0.25) is 0 Å². The van der Waals surface area contributed by atoms with E-state index in [1.807, 2.05) is 0 Å². The molecule has 5 nitrogen and oxygen atoms in total. The summed E-state index contributed by atoms with van der Waals surface area (Å²) in [5.41, 5.74) is 0. The number of methoxy groups -OCH3 is 1. The summed E-state index contributed by atoms with van der Waals surface area (Å²) in [5.74, 6) is -0.386. The topological polar surface area (TPSA) is 71.5 Å². The summed E-state index contributed by atoms with van der Waals surface area (Å²) in [7, 11) is 1.53. The number of aromatic nitrogens is 1. The molecule has 82 valence electrons. The second kappa shape index (κ2) is 5.31. The molecule has 0 spiro atoms. The highest BCUT2D eigenvalue weighted by Gasteiger charge is 2.14. The monoisotopic (exact) mass is 210 g/mol. The minimum Gasteiger partial charge on any atom is -0.504 e. The molecule has 1 amide bonds. The molecular formula is C10H14N2O3. The standard InChI is InChI=1S/C10H14N2O3/c1-7(6-15-2)10(14)12-9-8(13)4-3-5-11-9/h3-5,7,13H,6H2,1-2H3,(H,11,12,14). The summed E-state index contributed by atoms with van der Waals surface area (Å²) in [6.07, 6.45) is 1.50. The molecule has 1 aromatic heterocycles. The van der Waals surface area contributed by atoms with Crippen LogP contribution in [0, 0.1) is 5.92 Å². The molecule has 0 radical (unpaired) electrons. The van der Waals surface area contributed by atoms with E-state index in [0.29, 0.717) is 6.61 Å². The van der Waals surface area contributed by atoms with E-state index in [2.05, 4.69) is 10.3 Å². The fourth-order valence-corrected chi connectivity index (χ4v) is 1.06. The Kier molecular flexibility index (Phi) is 4.05. The first kappa shape index (κ1) is 11.5. The molecule has 1 rings (SSSR count). The Labute approximate surface area is 88.1 Å². The first-order chi connectivity index (χ1) is 7.15. The molecule has 0 saturated carbocycles. The fourth-order valence-electron chi connectivity index (χ4n) is 1.06. The molecule has 1 heterocycles. The summed E-state index contributed by atoms with van der Waals surface area (Å²) >= 11 is 0. The van der Waals surface area contributed by atoms with E-state index in [0.717, 1.165) is 0 Å². The first-order valence-corrected chi connectivity index (χ1v) is 4.59. The zero-order valence-electron chi connectivity index (χ0n) is 8.73. The fraction of sp³-hybridized carbons (Fsp3) is 0.400. The number of rotatable bonds is 4. The quantitative estimate of drug-likeness (QED) is 0.778. The minimum atomic E-state index is -0.281. The normalized spacial score (nSPS) is 12.1. The molecule has 0 aliphatic heterocycles. The highest BCUT2D eigenvalue weighted by atomic mass is 16.5. The van der Waals surface area contributed by atoms with Crippen LogP contribution in [-0.2, 0) is 9.53 Å². The number of pyridine rings is 1. The van der Waals surface area contributed by atoms with E-state index >= 15 is 0 Å². The largest absolute Gasteiger partial charge is 0.504 e. The zero-order valence-corrected chi connectivity index (χ0v) is 8.73. The Morgan fingerprint density at radius 2 is 2.47 bits per heavy atom. The molecule has 0 bridgehead atoms. The third kappa shape index (κ3) is 3.21. The third-order valence-corrected chi connectivity index (χ3v) is 1.89. The predicted octanol–water partition coefficient (Wildman–Crippen LogP) is 1.01. The number of nitrogens with zero attached hydrogens (tertiary/aromatic N) is 1. The predicted molar refractivity (Wildman–Crippen MR) is 55.6 cm³/mol. The molecule has 15 heavy (non-hydrogen) atoms. The van der Waals surface area contributed by atoms with Crippen molar-refractivity contribution in [1.82, 2.24) is 4.98 Å². The lowest BCUT2D eigenvalue weighted by molar-refractivity contribution is -0.120. The lowest BCUT2D eigenvalue weighted by Gasteiger charge is -2.10. The van der Waals surface area contributed by atoms with Gasteiger partial charge in [-0.05, 0) is 12.1 Å². The Balaban J connectivity index is 2.62. The maximum absolute atomic E-state index is 11.5. The number of nitrogens with one attached hydrogen (secondary N) is 1. The number of aromatic hydroxyl groups is 1. The van der Waals surface area contributed by atoms with Gasteiger partial charge in [-0.25, -0.2) is 4.98 Å². The van der Waals surface area contributed by atoms with Crippen molar-refractivity contribution in [2.75, 3.05) is 19.0 Å². The number of carbonyl (C=O) groups excluding carboxylic acids is 1. The van der Waals surface area contributed by atoms with Gasteiger partial charge >= 0.3 is 0 Å². The SMILES string of the molecule is COCC(C)C(=O)Nc1ncccc1O. The van der Waals surface area contributed by atoms with Gasteiger partial charge in [0.05, 0.1) is 12.5 Å². The van der Waals surface area contributed by atoms with E-state index in [-0.39, 0.29) is 23.4 Å².